The normalized spacial score (nSPS) is 10.8. The number of rotatable bonds is 8. The predicted molar refractivity (Wildman–Crippen MR) is 84.5 cm³/mol. The zero-order valence-electron chi connectivity index (χ0n) is 12.5. The van der Waals surface area contributed by atoms with E-state index in [4.69, 9.17) is 19.6 Å². The van der Waals surface area contributed by atoms with Gasteiger partial charge >= 0.3 is 0 Å². The number of anilines is 2. The zero-order chi connectivity index (χ0) is 15.1. The van der Waals surface area contributed by atoms with Gasteiger partial charge in [-0.05, 0) is 30.3 Å². The second kappa shape index (κ2) is 7.71. The molecule has 1 aromatic carbocycles. The molecule has 5 nitrogen and oxygen atoms in total. The second-order valence-electron chi connectivity index (χ2n) is 4.72. The molecule has 0 unspecified atom stereocenters. The molecule has 0 aliphatic heterocycles. The first kappa shape index (κ1) is 15.4. The van der Waals surface area contributed by atoms with Crippen LogP contribution in [0.3, 0.4) is 0 Å². The Morgan fingerprint density at radius 1 is 1.10 bits per heavy atom. The molecular weight excluding hydrogens is 268 g/mol. The standard InChI is InChI=1S/C16H22N2O3/c1-19-10-7-18(8-11-20-2)13-5-6-15(17)14(12-13)16-4-3-9-21-16/h3-6,9,12H,7-8,10-11,17H2,1-2H3. The molecule has 0 amide bonds. The van der Waals surface area contributed by atoms with E-state index in [1.54, 1.807) is 20.5 Å². The van der Waals surface area contributed by atoms with Crippen LogP contribution in [0.25, 0.3) is 11.3 Å². The van der Waals surface area contributed by atoms with E-state index in [-0.39, 0.29) is 0 Å². The summed E-state index contributed by atoms with van der Waals surface area (Å²) >= 11 is 0. The fourth-order valence-corrected chi connectivity index (χ4v) is 2.16. The van der Waals surface area contributed by atoms with Gasteiger partial charge in [0.25, 0.3) is 0 Å². The Balaban J connectivity index is 2.25. The van der Waals surface area contributed by atoms with E-state index in [0.29, 0.717) is 18.9 Å². The highest BCUT2D eigenvalue weighted by Crippen LogP contribution is 2.30. The molecule has 0 aliphatic rings. The summed E-state index contributed by atoms with van der Waals surface area (Å²) in [4.78, 5) is 2.21. The van der Waals surface area contributed by atoms with Crippen molar-refractivity contribution in [1.29, 1.82) is 0 Å². The minimum atomic E-state index is 0.657. The summed E-state index contributed by atoms with van der Waals surface area (Å²) < 4.78 is 15.8. The van der Waals surface area contributed by atoms with Crippen molar-refractivity contribution in [2.24, 2.45) is 0 Å². The topological polar surface area (TPSA) is 60.9 Å². The van der Waals surface area contributed by atoms with Crippen molar-refractivity contribution in [1.82, 2.24) is 0 Å². The van der Waals surface area contributed by atoms with Crippen LogP contribution in [0.15, 0.2) is 41.0 Å². The molecule has 0 fully saturated rings. The highest BCUT2D eigenvalue weighted by molar-refractivity contribution is 5.77. The highest BCUT2D eigenvalue weighted by atomic mass is 16.5. The molecule has 0 spiro atoms. The van der Waals surface area contributed by atoms with E-state index < -0.39 is 0 Å². The molecule has 2 aromatic rings. The Morgan fingerprint density at radius 3 is 2.38 bits per heavy atom. The van der Waals surface area contributed by atoms with Crippen LogP contribution in [0.5, 0.6) is 0 Å². The lowest BCUT2D eigenvalue weighted by Gasteiger charge is -2.25. The van der Waals surface area contributed by atoms with Crippen molar-refractivity contribution in [3.8, 4) is 11.3 Å². The summed E-state index contributed by atoms with van der Waals surface area (Å²) in [6.07, 6.45) is 1.65. The predicted octanol–water partition coefficient (Wildman–Crippen LogP) is 2.63. The first-order chi connectivity index (χ1) is 10.3. The minimum absolute atomic E-state index is 0.657. The first-order valence-electron chi connectivity index (χ1n) is 6.92. The van der Waals surface area contributed by atoms with Gasteiger partial charge in [0, 0.05) is 44.2 Å². The third-order valence-corrected chi connectivity index (χ3v) is 3.32. The van der Waals surface area contributed by atoms with Gasteiger partial charge in [0.1, 0.15) is 5.76 Å². The van der Waals surface area contributed by atoms with Crippen LogP contribution >= 0.6 is 0 Å². The molecule has 2 N–H and O–H groups in total. The van der Waals surface area contributed by atoms with Crippen molar-refractivity contribution in [3.05, 3.63) is 36.6 Å². The van der Waals surface area contributed by atoms with E-state index in [0.717, 1.165) is 30.1 Å². The molecule has 1 aromatic heterocycles. The van der Waals surface area contributed by atoms with Crippen molar-refractivity contribution >= 4 is 11.4 Å². The number of nitrogens with zero attached hydrogens (tertiary/aromatic N) is 1. The summed E-state index contributed by atoms with van der Waals surface area (Å²) in [7, 11) is 3.40. The quantitative estimate of drug-likeness (QED) is 0.757. The van der Waals surface area contributed by atoms with Crippen LogP contribution in [0.2, 0.25) is 0 Å². The lowest BCUT2D eigenvalue weighted by molar-refractivity contribution is 0.190. The number of benzene rings is 1. The van der Waals surface area contributed by atoms with Gasteiger partial charge in [-0.25, -0.2) is 0 Å². The molecule has 0 saturated heterocycles. The summed E-state index contributed by atoms with van der Waals surface area (Å²) in [5.74, 6) is 0.771. The summed E-state index contributed by atoms with van der Waals surface area (Å²) in [5.41, 5.74) is 8.73. The Morgan fingerprint density at radius 2 is 1.81 bits per heavy atom. The van der Waals surface area contributed by atoms with E-state index in [2.05, 4.69) is 4.90 Å². The number of nitrogen functional groups attached to an aromatic ring is 1. The SMILES string of the molecule is COCCN(CCOC)c1ccc(N)c(-c2ccco2)c1. The van der Waals surface area contributed by atoms with Crippen molar-refractivity contribution in [2.75, 3.05) is 51.2 Å². The summed E-state index contributed by atoms with van der Waals surface area (Å²) in [6, 6.07) is 9.71. The van der Waals surface area contributed by atoms with Gasteiger partial charge in [0.05, 0.1) is 19.5 Å². The van der Waals surface area contributed by atoms with E-state index >= 15 is 0 Å². The van der Waals surface area contributed by atoms with Crippen molar-refractivity contribution in [2.45, 2.75) is 0 Å². The maximum Gasteiger partial charge on any atom is 0.135 e. The fraction of sp³-hybridized carbons (Fsp3) is 0.375. The van der Waals surface area contributed by atoms with Gasteiger partial charge in [0.15, 0.2) is 0 Å². The Labute approximate surface area is 125 Å². The van der Waals surface area contributed by atoms with Gasteiger partial charge in [-0.15, -0.1) is 0 Å². The maximum atomic E-state index is 6.05. The van der Waals surface area contributed by atoms with Crippen molar-refractivity contribution in [3.63, 3.8) is 0 Å². The molecular formula is C16H22N2O3. The van der Waals surface area contributed by atoms with Crippen LogP contribution in [0.4, 0.5) is 11.4 Å². The molecule has 1 heterocycles. The van der Waals surface area contributed by atoms with E-state index in [1.165, 1.54) is 0 Å². The lowest BCUT2D eigenvalue weighted by atomic mass is 10.1. The Bertz CT molecular complexity index is 532. The Hall–Kier alpha value is -1.98. The van der Waals surface area contributed by atoms with E-state index in [1.807, 2.05) is 30.3 Å². The van der Waals surface area contributed by atoms with E-state index in [9.17, 15) is 0 Å². The lowest BCUT2D eigenvalue weighted by Crippen LogP contribution is -2.30. The Kier molecular flexibility index (Phi) is 5.66. The number of furan rings is 1. The molecule has 2 rings (SSSR count). The van der Waals surface area contributed by atoms with Crippen LogP contribution in [-0.2, 0) is 9.47 Å². The van der Waals surface area contributed by atoms with Gasteiger partial charge in [-0.3, -0.25) is 0 Å². The molecule has 0 aliphatic carbocycles. The number of methoxy groups -OCH3 is 2. The van der Waals surface area contributed by atoms with Gasteiger partial charge < -0.3 is 24.5 Å². The maximum absolute atomic E-state index is 6.05. The number of hydrogen-bond donors (Lipinski definition) is 1. The van der Waals surface area contributed by atoms with Crippen LogP contribution in [0.1, 0.15) is 0 Å². The third-order valence-electron chi connectivity index (χ3n) is 3.32. The molecule has 0 bridgehead atoms. The number of ether oxygens (including phenoxy) is 2. The molecule has 0 saturated carbocycles. The second-order valence-corrected chi connectivity index (χ2v) is 4.72. The molecule has 0 radical (unpaired) electrons. The zero-order valence-corrected chi connectivity index (χ0v) is 12.5. The molecule has 0 atom stereocenters. The summed E-state index contributed by atoms with van der Waals surface area (Å²) in [6.45, 7) is 2.90. The molecule has 21 heavy (non-hydrogen) atoms. The first-order valence-corrected chi connectivity index (χ1v) is 6.92. The monoisotopic (exact) mass is 290 g/mol. The third kappa shape index (κ3) is 4.00. The average Bonchev–Trinajstić information content (AvgIpc) is 3.02. The fourth-order valence-electron chi connectivity index (χ4n) is 2.16. The highest BCUT2D eigenvalue weighted by Gasteiger charge is 2.11. The van der Waals surface area contributed by atoms with Crippen molar-refractivity contribution < 1.29 is 13.9 Å². The number of nitrogens with two attached hydrogens (primary N) is 1. The van der Waals surface area contributed by atoms with Crippen LogP contribution < -0.4 is 10.6 Å². The van der Waals surface area contributed by atoms with Gasteiger partial charge in [-0.1, -0.05) is 0 Å². The van der Waals surface area contributed by atoms with Gasteiger partial charge in [-0.2, -0.15) is 0 Å². The summed E-state index contributed by atoms with van der Waals surface area (Å²) in [5, 5.41) is 0. The average molecular weight is 290 g/mol. The smallest absolute Gasteiger partial charge is 0.135 e. The van der Waals surface area contributed by atoms with Gasteiger partial charge in [0.2, 0.25) is 0 Å². The minimum Gasteiger partial charge on any atom is -0.464 e. The van der Waals surface area contributed by atoms with Crippen LogP contribution in [0, 0.1) is 0 Å². The molecule has 114 valence electrons. The van der Waals surface area contributed by atoms with Crippen LogP contribution in [-0.4, -0.2) is 40.5 Å². The largest absolute Gasteiger partial charge is 0.464 e. The number of hydrogen-bond acceptors (Lipinski definition) is 5. The molecule has 5 heteroatoms.